The van der Waals surface area contributed by atoms with Gasteiger partial charge in [-0.25, -0.2) is 4.79 Å². The molecular weight excluding hydrogens is 226 g/mol. The molecule has 0 saturated heterocycles. The first-order chi connectivity index (χ1) is 8.83. The zero-order chi connectivity index (χ0) is 12.4. The summed E-state index contributed by atoms with van der Waals surface area (Å²) in [5.41, 5.74) is 1.93. The molecule has 2 aromatic carbocycles. The highest BCUT2D eigenvalue weighted by Crippen LogP contribution is 2.24. The molecule has 0 bridgehead atoms. The molecule has 0 spiro atoms. The topological polar surface area (TPSA) is 42.2 Å². The van der Waals surface area contributed by atoms with E-state index in [0.717, 1.165) is 16.8 Å². The van der Waals surface area contributed by atoms with Gasteiger partial charge >= 0.3 is 5.63 Å². The highest BCUT2D eigenvalue weighted by molar-refractivity contribution is 5.91. The van der Waals surface area contributed by atoms with Gasteiger partial charge in [0.25, 0.3) is 0 Å². The zero-order valence-electron chi connectivity index (χ0n) is 9.59. The molecule has 3 nitrogen and oxygen atoms in total. The van der Waals surface area contributed by atoms with Crippen LogP contribution in [-0.4, -0.2) is 0 Å². The van der Waals surface area contributed by atoms with Crippen molar-refractivity contribution in [2.24, 2.45) is 0 Å². The summed E-state index contributed by atoms with van der Waals surface area (Å²) in [6.07, 6.45) is 0. The van der Waals surface area contributed by atoms with Crippen molar-refractivity contribution in [1.29, 1.82) is 0 Å². The molecule has 0 aliphatic carbocycles. The normalized spacial score (nSPS) is 10.4. The van der Waals surface area contributed by atoms with Crippen molar-refractivity contribution in [3.8, 4) is 0 Å². The van der Waals surface area contributed by atoms with Crippen LogP contribution in [0.15, 0.2) is 69.9 Å². The van der Waals surface area contributed by atoms with E-state index in [1.807, 2.05) is 48.5 Å². The Labute approximate surface area is 104 Å². The van der Waals surface area contributed by atoms with E-state index in [-0.39, 0.29) is 5.63 Å². The Hall–Kier alpha value is -2.55. The van der Waals surface area contributed by atoms with Gasteiger partial charge < -0.3 is 9.73 Å². The third-order valence-corrected chi connectivity index (χ3v) is 2.70. The van der Waals surface area contributed by atoms with E-state index < -0.39 is 0 Å². The standard InChI is InChI=1S/C15H11NO2/c17-15-10-13(16-11-6-2-1-3-7-11)12-8-4-5-9-14(12)18-15/h1-10,16H. The Morgan fingerprint density at radius 2 is 1.61 bits per heavy atom. The Kier molecular flexibility index (Phi) is 2.57. The van der Waals surface area contributed by atoms with Crippen LogP contribution in [-0.2, 0) is 0 Å². The maximum Gasteiger partial charge on any atom is 0.338 e. The lowest BCUT2D eigenvalue weighted by atomic mass is 10.2. The average molecular weight is 237 g/mol. The van der Waals surface area contributed by atoms with E-state index in [9.17, 15) is 4.79 Å². The predicted octanol–water partition coefficient (Wildman–Crippen LogP) is 3.54. The summed E-state index contributed by atoms with van der Waals surface area (Å²) in [5, 5.41) is 4.12. The minimum Gasteiger partial charge on any atom is -0.423 e. The molecule has 0 aliphatic heterocycles. The second-order valence-electron chi connectivity index (χ2n) is 3.97. The lowest BCUT2D eigenvalue weighted by Crippen LogP contribution is -2.00. The van der Waals surface area contributed by atoms with E-state index in [4.69, 9.17) is 4.42 Å². The fourth-order valence-corrected chi connectivity index (χ4v) is 1.89. The monoisotopic (exact) mass is 237 g/mol. The summed E-state index contributed by atoms with van der Waals surface area (Å²) in [5.74, 6) is 0. The molecule has 0 radical (unpaired) electrons. The van der Waals surface area contributed by atoms with Crippen LogP contribution in [0.4, 0.5) is 11.4 Å². The Bertz CT molecular complexity index is 732. The first-order valence-electron chi connectivity index (χ1n) is 5.68. The molecule has 88 valence electrons. The van der Waals surface area contributed by atoms with E-state index in [0.29, 0.717) is 5.58 Å². The maximum atomic E-state index is 11.5. The van der Waals surface area contributed by atoms with Crippen molar-refractivity contribution in [2.45, 2.75) is 0 Å². The molecule has 1 aromatic heterocycles. The van der Waals surface area contributed by atoms with E-state index >= 15 is 0 Å². The minimum absolute atomic E-state index is 0.355. The van der Waals surface area contributed by atoms with Gasteiger partial charge in [-0.3, -0.25) is 0 Å². The largest absolute Gasteiger partial charge is 0.423 e. The summed E-state index contributed by atoms with van der Waals surface area (Å²) < 4.78 is 5.14. The number of rotatable bonds is 2. The molecule has 0 aliphatic rings. The molecule has 0 unspecified atom stereocenters. The van der Waals surface area contributed by atoms with Gasteiger partial charge in [-0.2, -0.15) is 0 Å². The molecule has 0 atom stereocenters. The van der Waals surface area contributed by atoms with Gasteiger partial charge in [-0.05, 0) is 24.3 Å². The number of hydrogen-bond donors (Lipinski definition) is 1. The molecular formula is C15H11NO2. The smallest absolute Gasteiger partial charge is 0.338 e. The molecule has 1 N–H and O–H groups in total. The Morgan fingerprint density at radius 1 is 0.889 bits per heavy atom. The summed E-state index contributed by atoms with van der Waals surface area (Å²) in [6.45, 7) is 0. The van der Waals surface area contributed by atoms with Crippen molar-refractivity contribution in [3.63, 3.8) is 0 Å². The van der Waals surface area contributed by atoms with Crippen LogP contribution < -0.4 is 10.9 Å². The first-order valence-corrected chi connectivity index (χ1v) is 5.68. The van der Waals surface area contributed by atoms with Crippen LogP contribution in [0.5, 0.6) is 0 Å². The molecule has 3 rings (SSSR count). The van der Waals surface area contributed by atoms with Crippen LogP contribution in [0.3, 0.4) is 0 Å². The summed E-state index contributed by atoms with van der Waals surface area (Å²) in [7, 11) is 0. The Balaban J connectivity index is 2.14. The zero-order valence-corrected chi connectivity index (χ0v) is 9.59. The molecule has 0 amide bonds. The van der Waals surface area contributed by atoms with Crippen molar-refractivity contribution in [3.05, 3.63) is 71.1 Å². The lowest BCUT2D eigenvalue weighted by molar-refractivity contribution is 0.561. The average Bonchev–Trinajstić information content (AvgIpc) is 2.40. The van der Waals surface area contributed by atoms with Gasteiger partial charge in [-0.1, -0.05) is 30.3 Å². The second kappa shape index (κ2) is 4.37. The Morgan fingerprint density at radius 3 is 2.44 bits per heavy atom. The third-order valence-electron chi connectivity index (χ3n) is 2.70. The lowest BCUT2D eigenvalue weighted by Gasteiger charge is -2.08. The van der Waals surface area contributed by atoms with Gasteiger partial charge in [0, 0.05) is 17.1 Å². The third kappa shape index (κ3) is 1.98. The summed E-state index contributed by atoms with van der Waals surface area (Å²) in [6, 6.07) is 18.7. The van der Waals surface area contributed by atoms with Gasteiger partial charge in [0.2, 0.25) is 0 Å². The van der Waals surface area contributed by atoms with Crippen molar-refractivity contribution < 1.29 is 4.42 Å². The summed E-state index contributed by atoms with van der Waals surface area (Å²) >= 11 is 0. The highest BCUT2D eigenvalue weighted by atomic mass is 16.4. The fourth-order valence-electron chi connectivity index (χ4n) is 1.89. The van der Waals surface area contributed by atoms with Crippen molar-refractivity contribution >= 4 is 22.3 Å². The van der Waals surface area contributed by atoms with E-state index in [2.05, 4.69) is 5.32 Å². The molecule has 1 heterocycles. The highest BCUT2D eigenvalue weighted by Gasteiger charge is 2.04. The second-order valence-corrected chi connectivity index (χ2v) is 3.97. The van der Waals surface area contributed by atoms with E-state index in [1.165, 1.54) is 6.07 Å². The number of nitrogens with one attached hydrogen (secondary N) is 1. The van der Waals surface area contributed by atoms with Gasteiger partial charge in [0.15, 0.2) is 0 Å². The van der Waals surface area contributed by atoms with Crippen LogP contribution in [0.25, 0.3) is 11.0 Å². The van der Waals surface area contributed by atoms with Crippen LogP contribution in [0, 0.1) is 0 Å². The van der Waals surface area contributed by atoms with Crippen LogP contribution in [0.2, 0.25) is 0 Å². The quantitative estimate of drug-likeness (QED) is 0.693. The van der Waals surface area contributed by atoms with Gasteiger partial charge in [0.1, 0.15) is 5.58 Å². The number of benzene rings is 2. The molecule has 3 aromatic rings. The van der Waals surface area contributed by atoms with Crippen molar-refractivity contribution in [1.82, 2.24) is 0 Å². The molecule has 0 saturated carbocycles. The predicted molar refractivity (Wildman–Crippen MR) is 72.2 cm³/mol. The van der Waals surface area contributed by atoms with Crippen LogP contribution >= 0.6 is 0 Å². The van der Waals surface area contributed by atoms with Gasteiger partial charge in [0.05, 0.1) is 5.69 Å². The maximum absolute atomic E-state index is 11.5. The number of fused-ring (bicyclic) bond motifs is 1. The number of hydrogen-bond acceptors (Lipinski definition) is 3. The summed E-state index contributed by atoms with van der Waals surface area (Å²) in [4.78, 5) is 11.5. The van der Waals surface area contributed by atoms with Crippen molar-refractivity contribution in [2.75, 3.05) is 5.32 Å². The van der Waals surface area contributed by atoms with E-state index in [1.54, 1.807) is 6.07 Å². The first kappa shape index (κ1) is 10.6. The molecule has 3 heteroatoms. The van der Waals surface area contributed by atoms with Crippen LogP contribution in [0.1, 0.15) is 0 Å². The fraction of sp³-hybridized carbons (Fsp3) is 0. The number of anilines is 2. The minimum atomic E-state index is -0.355. The van der Waals surface area contributed by atoms with Gasteiger partial charge in [-0.15, -0.1) is 0 Å². The number of para-hydroxylation sites is 2. The SMILES string of the molecule is O=c1cc(Nc2ccccc2)c2ccccc2o1. The molecule has 0 fully saturated rings. The molecule has 18 heavy (non-hydrogen) atoms.